The molecule has 1 heterocycles. The van der Waals surface area contributed by atoms with Crippen molar-refractivity contribution in [2.45, 2.75) is 6.42 Å². The summed E-state index contributed by atoms with van der Waals surface area (Å²) < 4.78 is 23.1. The molecule has 0 aliphatic carbocycles. The van der Waals surface area contributed by atoms with Crippen LogP contribution in [0.1, 0.15) is 52.7 Å². The summed E-state index contributed by atoms with van der Waals surface area (Å²) in [5.41, 5.74) is 2.53. The first-order valence-electron chi connectivity index (χ1n) is 16.5. The number of aromatic nitrogens is 1. The zero-order chi connectivity index (χ0) is 36.6. The zero-order valence-corrected chi connectivity index (χ0v) is 28.0. The fourth-order valence-corrected chi connectivity index (χ4v) is 5.49. The molecular formula is C44H29NO8. The average molecular weight is 700 g/mol. The van der Waals surface area contributed by atoms with Crippen molar-refractivity contribution in [1.82, 2.24) is 4.98 Å². The summed E-state index contributed by atoms with van der Waals surface area (Å²) >= 11 is 0. The lowest BCUT2D eigenvalue weighted by molar-refractivity contribution is 0.0682. The molecule has 0 unspecified atom stereocenters. The second-order valence-corrected chi connectivity index (χ2v) is 11.8. The van der Waals surface area contributed by atoms with Crippen LogP contribution in [0.5, 0.6) is 23.0 Å². The molecule has 7 rings (SSSR count). The van der Waals surface area contributed by atoms with Crippen LogP contribution in [0.2, 0.25) is 0 Å². The molecule has 0 aliphatic rings. The molecule has 0 fully saturated rings. The zero-order valence-electron chi connectivity index (χ0n) is 28.0. The maximum Gasteiger partial charge on any atom is 0.343 e. The van der Waals surface area contributed by atoms with Crippen molar-refractivity contribution >= 4 is 34.6 Å². The summed E-state index contributed by atoms with van der Waals surface area (Å²) in [6.45, 7) is 0. The third kappa shape index (κ3) is 8.16. The predicted octanol–water partition coefficient (Wildman–Crippen LogP) is 8.70. The molecule has 0 saturated carbocycles. The standard InChI is InChI=1S/C44H29NO8/c46-41(30-13-5-1-6-14-30)50-37-22-21-29(26-38(37)51-42(47)31-15-7-2-8-16-31)25-36-35-28-40(53-44(49)33-19-11-4-12-20-33)39(27-34(35)23-24-45-36)52-43(48)32-17-9-3-10-18-32/h1-24,26-28H,25H2. The highest BCUT2D eigenvalue weighted by Crippen LogP contribution is 2.36. The molecule has 0 N–H and O–H groups in total. The maximum absolute atomic E-state index is 13.2. The van der Waals surface area contributed by atoms with Crippen molar-refractivity contribution in [3.63, 3.8) is 0 Å². The van der Waals surface area contributed by atoms with Gasteiger partial charge in [0.2, 0.25) is 0 Å². The Bertz CT molecular complexity index is 2430. The van der Waals surface area contributed by atoms with Gasteiger partial charge >= 0.3 is 23.9 Å². The predicted molar refractivity (Wildman–Crippen MR) is 197 cm³/mol. The second-order valence-electron chi connectivity index (χ2n) is 11.8. The summed E-state index contributed by atoms with van der Waals surface area (Å²) in [7, 11) is 0. The van der Waals surface area contributed by atoms with Crippen molar-refractivity contribution in [2.75, 3.05) is 0 Å². The smallest absolute Gasteiger partial charge is 0.343 e. The molecule has 0 radical (unpaired) electrons. The van der Waals surface area contributed by atoms with E-state index in [4.69, 9.17) is 18.9 Å². The van der Waals surface area contributed by atoms with E-state index in [1.54, 1.807) is 164 Å². The molecule has 6 aromatic carbocycles. The third-order valence-electron chi connectivity index (χ3n) is 8.14. The topological polar surface area (TPSA) is 118 Å². The number of carbonyl (C=O) groups is 4. The molecule has 0 amide bonds. The number of pyridine rings is 1. The molecule has 1 aromatic heterocycles. The number of benzene rings is 6. The van der Waals surface area contributed by atoms with Gasteiger partial charge in [-0.1, -0.05) is 78.9 Å². The average Bonchev–Trinajstić information content (AvgIpc) is 3.20. The number of nitrogens with zero attached hydrogens (tertiary/aromatic N) is 1. The molecule has 9 nitrogen and oxygen atoms in total. The van der Waals surface area contributed by atoms with Gasteiger partial charge in [0.15, 0.2) is 23.0 Å². The Kier molecular flexibility index (Phi) is 10.1. The van der Waals surface area contributed by atoms with Crippen LogP contribution < -0.4 is 18.9 Å². The number of carbonyl (C=O) groups excluding carboxylic acids is 4. The van der Waals surface area contributed by atoms with Crippen molar-refractivity contribution < 1.29 is 38.1 Å². The minimum Gasteiger partial charge on any atom is -0.419 e. The van der Waals surface area contributed by atoms with E-state index in [0.29, 0.717) is 44.3 Å². The van der Waals surface area contributed by atoms with Gasteiger partial charge in [-0.05, 0) is 89.8 Å². The summed E-state index contributed by atoms with van der Waals surface area (Å²) in [5, 5.41) is 1.28. The first-order chi connectivity index (χ1) is 25.9. The molecule has 7 aromatic rings. The Morgan fingerprint density at radius 1 is 0.415 bits per heavy atom. The highest BCUT2D eigenvalue weighted by atomic mass is 16.6. The van der Waals surface area contributed by atoms with E-state index >= 15 is 0 Å². The van der Waals surface area contributed by atoms with E-state index in [9.17, 15) is 19.2 Å². The summed E-state index contributed by atoms with van der Waals surface area (Å²) in [5.74, 6) is -2.36. The van der Waals surface area contributed by atoms with Crippen molar-refractivity contribution in [3.05, 3.63) is 197 Å². The molecule has 0 saturated heterocycles. The second kappa shape index (κ2) is 15.7. The van der Waals surface area contributed by atoms with Crippen molar-refractivity contribution in [2.24, 2.45) is 0 Å². The van der Waals surface area contributed by atoms with E-state index in [0.717, 1.165) is 0 Å². The van der Waals surface area contributed by atoms with Gasteiger partial charge in [-0.25, -0.2) is 19.2 Å². The summed E-state index contributed by atoms with van der Waals surface area (Å²) in [6, 6.07) is 43.8. The SMILES string of the molecule is O=C(Oc1ccc(Cc2nccc3cc(OC(=O)c4ccccc4)c(OC(=O)c4ccccc4)cc23)cc1OC(=O)c1ccccc1)c1ccccc1. The van der Waals surface area contributed by atoms with Crippen LogP contribution in [-0.4, -0.2) is 28.9 Å². The quantitative estimate of drug-likeness (QED) is 0.102. The van der Waals surface area contributed by atoms with Crippen LogP contribution in [0.25, 0.3) is 10.8 Å². The molecule has 53 heavy (non-hydrogen) atoms. The number of hydrogen-bond acceptors (Lipinski definition) is 9. The highest BCUT2D eigenvalue weighted by Gasteiger charge is 2.21. The van der Waals surface area contributed by atoms with Crippen LogP contribution in [-0.2, 0) is 6.42 Å². The van der Waals surface area contributed by atoms with Gasteiger partial charge in [0.1, 0.15) is 0 Å². The first kappa shape index (κ1) is 34.1. The van der Waals surface area contributed by atoms with E-state index in [1.165, 1.54) is 0 Å². The summed E-state index contributed by atoms with van der Waals surface area (Å²) in [6.07, 6.45) is 1.85. The van der Waals surface area contributed by atoms with E-state index in [1.807, 2.05) is 0 Å². The van der Waals surface area contributed by atoms with Crippen LogP contribution in [0.15, 0.2) is 164 Å². The largest absolute Gasteiger partial charge is 0.419 e. The van der Waals surface area contributed by atoms with Gasteiger partial charge < -0.3 is 18.9 Å². The number of fused-ring (bicyclic) bond motifs is 1. The number of esters is 4. The van der Waals surface area contributed by atoms with Crippen LogP contribution in [0, 0.1) is 0 Å². The minimum atomic E-state index is -0.641. The Balaban J connectivity index is 1.24. The molecule has 9 heteroatoms. The first-order valence-corrected chi connectivity index (χ1v) is 16.5. The van der Waals surface area contributed by atoms with E-state index in [-0.39, 0.29) is 29.4 Å². The van der Waals surface area contributed by atoms with E-state index < -0.39 is 23.9 Å². The molecule has 258 valence electrons. The highest BCUT2D eigenvalue weighted by molar-refractivity contribution is 5.96. The third-order valence-corrected chi connectivity index (χ3v) is 8.14. The Labute approximate surface area is 304 Å². The fraction of sp³-hybridized carbons (Fsp3) is 0.0227. The van der Waals surface area contributed by atoms with Gasteiger partial charge in [0.05, 0.1) is 27.9 Å². The minimum absolute atomic E-state index is 0.0190. The number of rotatable bonds is 10. The molecular weight excluding hydrogens is 670 g/mol. The molecule has 0 bridgehead atoms. The lowest BCUT2D eigenvalue weighted by Crippen LogP contribution is -2.13. The van der Waals surface area contributed by atoms with Crippen LogP contribution in [0.4, 0.5) is 0 Å². The molecule has 0 aliphatic heterocycles. The lowest BCUT2D eigenvalue weighted by Gasteiger charge is -2.15. The Hall–Kier alpha value is -7.39. The van der Waals surface area contributed by atoms with Gasteiger partial charge in [0.25, 0.3) is 0 Å². The number of ether oxygens (including phenoxy) is 4. The van der Waals surface area contributed by atoms with Gasteiger partial charge in [-0.2, -0.15) is 0 Å². The van der Waals surface area contributed by atoms with Gasteiger partial charge in [-0.15, -0.1) is 0 Å². The monoisotopic (exact) mass is 699 g/mol. The fourth-order valence-electron chi connectivity index (χ4n) is 5.49. The summed E-state index contributed by atoms with van der Waals surface area (Å²) in [4.78, 5) is 57.0. The van der Waals surface area contributed by atoms with Crippen molar-refractivity contribution in [3.8, 4) is 23.0 Å². The van der Waals surface area contributed by atoms with Crippen LogP contribution >= 0.6 is 0 Å². The van der Waals surface area contributed by atoms with Gasteiger partial charge in [0, 0.05) is 18.0 Å². The molecule has 0 atom stereocenters. The molecule has 0 spiro atoms. The Morgan fingerprint density at radius 3 is 1.26 bits per heavy atom. The van der Waals surface area contributed by atoms with E-state index in [2.05, 4.69) is 4.98 Å². The van der Waals surface area contributed by atoms with Crippen LogP contribution in [0.3, 0.4) is 0 Å². The normalized spacial score (nSPS) is 10.6. The Morgan fingerprint density at radius 2 is 0.811 bits per heavy atom. The van der Waals surface area contributed by atoms with Gasteiger partial charge in [-0.3, -0.25) is 4.98 Å². The lowest BCUT2D eigenvalue weighted by atomic mass is 10.0. The van der Waals surface area contributed by atoms with Crippen molar-refractivity contribution in [1.29, 1.82) is 0 Å². The maximum atomic E-state index is 13.2. The number of hydrogen-bond donors (Lipinski definition) is 0.